The first-order chi connectivity index (χ1) is 12.9. The lowest BCUT2D eigenvalue weighted by atomic mass is 9.71. The number of aryl methyl sites for hydroxylation is 1. The second-order valence-corrected chi connectivity index (χ2v) is 7.42. The van der Waals surface area contributed by atoms with Crippen LogP contribution in [-0.4, -0.2) is 47.4 Å². The number of ether oxygens (including phenoxy) is 1. The van der Waals surface area contributed by atoms with E-state index < -0.39 is 17.5 Å². The average molecular weight is 369 g/mol. The molecule has 1 saturated heterocycles. The number of benzene rings is 2. The quantitative estimate of drug-likeness (QED) is 0.819. The Kier molecular flexibility index (Phi) is 5.82. The molecule has 2 aromatic carbocycles. The zero-order valence-electron chi connectivity index (χ0n) is 15.9. The zero-order valence-corrected chi connectivity index (χ0v) is 15.9. The molecule has 2 aromatic rings. The summed E-state index contributed by atoms with van der Waals surface area (Å²) in [6, 6.07) is 15.5. The van der Waals surface area contributed by atoms with E-state index in [9.17, 15) is 15.0 Å². The number of carbonyl (C=O) groups is 1. The highest BCUT2D eigenvalue weighted by molar-refractivity contribution is 5.76. The van der Waals surface area contributed by atoms with E-state index in [1.54, 1.807) is 7.11 Å². The largest absolute Gasteiger partial charge is 0.497 e. The highest BCUT2D eigenvalue weighted by Crippen LogP contribution is 2.36. The van der Waals surface area contributed by atoms with Crippen molar-refractivity contribution in [2.75, 3.05) is 20.2 Å². The van der Waals surface area contributed by atoms with Gasteiger partial charge in [0.05, 0.1) is 13.2 Å². The summed E-state index contributed by atoms with van der Waals surface area (Å²) in [5, 5.41) is 20.7. The van der Waals surface area contributed by atoms with Crippen molar-refractivity contribution in [2.24, 2.45) is 5.41 Å². The topological polar surface area (TPSA) is 70.0 Å². The number of carboxylic acid groups (broad SMARTS) is 1. The summed E-state index contributed by atoms with van der Waals surface area (Å²) >= 11 is 0. The SMILES string of the molecule is COc1ccc(CN2CC[C@](Cc3ccccc3)(C(=O)O)[C@H](O)C2)c(C)c1. The van der Waals surface area contributed by atoms with E-state index in [0.717, 1.165) is 22.4 Å². The van der Waals surface area contributed by atoms with E-state index in [-0.39, 0.29) is 0 Å². The van der Waals surface area contributed by atoms with Crippen molar-refractivity contribution in [3.05, 3.63) is 65.2 Å². The number of aliphatic hydroxyl groups is 1. The smallest absolute Gasteiger partial charge is 0.312 e. The van der Waals surface area contributed by atoms with Crippen molar-refractivity contribution in [3.63, 3.8) is 0 Å². The molecule has 0 amide bonds. The van der Waals surface area contributed by atoms with Crippen molar-refractivity contribution in [3.8, 4) is 5.75 Å². The zero-order chi connectivity index (χ0) is 19.4. The van der Waals surface area contributed by atoms with E-state index in [0.29, 0.717) is 32.5 Å². The Morgan fingerprint density at radius 2 is 2.00 bits per heavy atom. The summed E-state index contributed by atoms with van der Waals surface area (Å²) in [4.78, 5) is 14.2. The molecule has 0 bridgehead atoms. The predicted molar refractivity (Wildman–Crippen MR) is 104 cm³/mol. The van der Waals surface area contributed by atoms with E-state index in [1.165, 1.54) is 0 Å². The predicted octanol–water partition coefficient (Wildman–Crippen LogP) is 2.88. The maximum absolute atomic E-state index is 12.1. The van der Waals surface area contributed by atoms with Gasteiger partial charge in [-0.2, -0.15) is 0 Å². The molecule has 2 atom stereocenters. The number of carboxylic acids is 1. The maximum Gasteiger partial charge on any atom is 0.312 e. The third kappa shape index (κ3) is 4.15. The summed E-state index contributed by atoms with van der Waals surface area (Å²) in [6.45, 7) is 3.72. The van der Waals surface area contributed by atoms with Crippen LogP contribution in [0.1, 0.15) is 23.1 Å². The van der Waals surface area contributed by atoms with E-state index in [2.05, 4.69) is 4.90 Å². The van der Waals surface area contributed by atoms with Gasteiger partial charge in [0.25, 0.3) is 0 Å². The molecule has 1 heterocycles. The molecule has 0 aromatic heterocycles. The molecular weight excluding hydrogens is 342 g/mol. The minimum absolute atomic E-state index is 0.347. The molecule has 2 N–H and O–H groups in total. The van der Waals surface area contributed by atoms with Gasteiger partial charge in [0.15, 0.2) is 0 Å². The number of aliphatic hydroxyl groups excluding tert-OH is 1. The van der Waals surface area contributed by atoms with Crippen LogP contribution < -0.4 is 4.74 Å². The molecular formula is C22H27NO4. The van der Waals surface area contributed by atoms with Gasteiger partial charge in [-0.15, -0.1) is 0 Å². The van der Waals surface area contributed by atoms with E-state index in [4.69, 9.17) is 4.74 Å². The highest BCUT2D eigenvalue weighted by Gasteiger charge is 2.48. The van der Waals surface area contributed by atoms with Gasteiger partial charge in [0.1, 0.15) is 11.2 Å². The first-order valence-electron chi connectivity index (χ1n) is 9.26. The Labute approximate surface area is 160 Å². The van der Waals surface area contributed by atoms with Gasteiger partial charge in [-0.1, -0.05) is 36.4 Å². The first-order valence-corrected chi connectivity index (χ1v) is 9.26. The Morgan fingerprint density at radius 3 is 2.59 bits per heavy atom. The lowest BCUT2D eigenvalue weighted by Crippen LogP contribution is -2.55. The fraction of sp³-hybridized carbons (Fsp3) is 0.409. The molecule has 1 aliphatic rings. The molecule has 0 unspecified atom stereocenters. The molecule has 0 aliphatic carbocycles. The number of nitrogens with zero attached hydrogens (tertiary/aromatic N) is 1. The van der Waals surface area contributed by atoms with Crippen LogP contribution in [0.15, 0.2) is 48.5 Å². The second kappa shape index (κ2) is 8.11. The van der Waals surface area contributed by atoms with Crippen LogP contribution >= 0.6 is 0 Å². The number of β-amino-alcohol motifs (C(OH)–C–C–N with tert-alkyl or cyclic N) is 1. The van der Waals surface area contributed by atoms with Crippen LogP contribution in [0.3, 0.4) is 0 Å². The number of piperidine rings is 1. The molecule has 1 fully saturated rings. The lowest BCUT2D eigenvalue weighted by Gasteiger charge is -2.43. The fourth-order valence-corrected chi connectivity index (χ4v) is 3.88. The Morgan fingerprint density at radius 1 is 1.26 bits per heavy atom. The van der Waals surface area contributed by atoms with E-state index in [1.807, 2.05) is 55.5 Å². The number of likely N-dealkylation sites (tertiary alicyclic amines) is 1. The van der Waals surface area contributed by atoms with Gasteiger partial charge in [0.2, 0.25) is 0 Å². The number of rotatable bonds is 6. The monoisotopic (exact) mass is 369 g/mol. The van der Waals surface area contributed by atoms with Crippen molar-refractivity contribution < 1.29 is 19.7 Å². The molecule has 3 rings (SSSR count). The van der Waals surface area contributed by atoms with Crippen molar-refractivity contribution in [2.45, 2.75) is 32.4 Å². The summed E-state index contributed by atoms with van der Waals surface area (Å²) < 4.78 is 5.25. The molecule has 0 saturated carbocycles. The minimum Gasteiger partial charge on any atom is -0.497 e. The number of hydrogen-bond acceptors (Lipinski definition) is 4. The molecule has 1 aliphatic heterocycles. The van der Waals surface area contributed by atoms with Gasteiger partial charge in [-0.3, -0.25) is 9.69 Å². The van der Waals surface area contributed by atoms with Crippen molar-refractivity contribution in [1.82, 2.24) is 4.90 Å². The standard InChI is InChI=1S/C22H27NO4/c1-16-12-19(27-2)9-8-18(16)14-23-11-10-22(21(25)26,20(24)15-23)13-17-6-4-3-5-7-17/h3-9,12,20,24H,10-11,13-15H2,1-2H3,(H,25,26)/t20-,22-/m1/s1. The van der Waals surface area contributed by atoms with Gasteiger partial charge >= 0.3 is 5.97 Å². The summed E-state index contributed by atoms with van der Waals surface area (Å²) in [5.41, 5.74) is 2.10. The Bertz CT molecular complexity index is 792. The van der Waals surface area contributed by atoms with Crippen molar-refractivity contribution in [1.29, 1.82) is 0 Å². The summed E-state index contributed by atoms with van der Waals surface area (Å²) in [5.74, 6) is -0.0955. The normalized spacial score (nSPS) is 23.1. The van der Waals surface area contributed by atoms with Gasteiger partial charge in [-0.25, -0.2) is 0 Å². The van der Waals surface area contributed by atoms with E-state index >= 15 is 0 Å². The summed E-state index contributed by atoms with van der Waals surface area (Å²) in [6.07, 6.45) is -0.143. The Hall–Kier alpha value is -2.37. The van der Waals surface area contributed by atoms with Crippen LogP contribution in [0, 0.1) is 12.3 Å². The van der Waals surface area contributed by atoms with Crippen LogP contribution in [0.2, 0.25) is 0 Å². The van der Waals surface area contributed by atoms with Gasteiger partial charge in [-0.05, 0) is 55.1 Å². The van der Waals surface area contributed by atoms with Gasteiger partial charge in [0, 0.05) is 13.1 Å². The second-order valence-electron chi connectivity index (χ2n) is 7.42. The fourth-order valence-electron chi connectivity index (χ4n) is 3.88. The third-order valence-electron chi connectivity index (χ3n) is 5.68. The number of aliphatic carboxylic acids is 1. The molecule has 0 spiro atoms. The molecule has 0 radical (unpaired) electrons. The molecule has 5 heteroatoms. The molecule has 5 nitrogen and oxygen atoms in total. The van der Waals surface area contributed by atoms with Crippen LogP contribution in [0.25, 0.3) is 0 Å². The molecule has 27 heavy (non-hydrogen) atoms. The maximum atomic E-state index is 12.1. The summed E-state index contributed by atoms with van der Waals surface area (Å²) in [7, 11) is 1.65. The third-order valence-corrected chi connectivity index (χ3v) is 5.68. The highest BCUT2D eigenvalue weighted by atomic mass is 16.5. The van der Waals surface area contributed by atoms with Crippen LogP contribution in [-0.2, 0) is 17.8 Å². The minimum atomic E-state index is -1.13. The molecule has 144 valence electrons. The van der Waals surface area contributed by atoms with Crippen molar-refractivity contribution >= 4 is 5.97 Å². The van der Waals surface area contributed by atoms with Gasteiger partial charge < -0.3 is 14.9 Å². The lowest BCUT2D eigenvalue weighted by molar-refractivity contribution is -0.163. The van der Waals surface area contributed by atoms with Crippen LogP contribution in [0.4, 0.5) is 0 Å². The first kappa shape index (κ1) is 19.4. The number of methoxy groups -OCH3 is 1. The average Bonchev–Trinajstić information content (AvgIpc) is 2.66. The van der Waals surface area contributed by atoms with Crippen LogP contribution in [0.5, 0.6) is 5.75 Å². The Balaban J connectivity index is 1.72. The number of hydrogen-bond donors (Lipinski definition) is 2.